The highest BCUT2D eigenvalue weighted by atomic mass is 19.3. The molecule has 1 N–H and O–H groups in total. The van der Waals surface area contributed by atoms with Crippen molar-refractivity contribution in [3.63, 3.8) is 0 Å². The number of rotatable bonds is 2. The normalized spacial score (nSPS) is 24.0. The van der Waals surface area contributed by atoms with E-state index in [-0.39, 0.29) is 0 Å². The van der Waals surface area contributed by atoms with Crippen molar-refractivity contribution in [2.75, 3.05) is 19.8 Å². The van der Waals surface area contributed by atoms with E-state index in [1.165, 1.54) is 6.92 Å². The van der Waals surface area contributed by atoms with Crippen LogP contribution in [0.2, 0.25) is 0 Å². The molecule has 1 rings (SSSR count). The maximum atomic E-state index is 13.1. The van der Waals surface area contributed by atoms with Crippen molar-refractivity contribution < 1.29 is 18.6 Å². The number of aliphatic hydroxyl groups excluding tert-OH is 1. The molecule has 0 amide bonds. The first kappa shape index (κ1) is 9.86. The van der Waals surface area contributed by atoms with Gasteiger partial charge in [-0.3, -0.25) is 0 Å². The molecule has 1 aliphatic rings. The Balaban J connectivity index is 2.68. The first-order chi connectivity index (χ1) is 5.52. The minimum atomic E-state index is -2.98. The topological polar surface area (TPSA) is 29.5 Å². The third-order valence-corrected chi connectivity index (χ3v) is 2.68. The van der Waals surface area contributed by atoms with Gasteiger partial charge in [-0.2, -0.15) is 0 Å². The SMILES string of the molecule is CC1(C(F)(F)CO)CCOCC1. The van der Waals surface area contributed by atoms with Gasteiger partial charge in [0.1, 0.15) is 6.61 Å². The second-order valence-corrected chi connectivity index (χ2v) is 3.54. The molecule has 0 aromatic heterocycles. The first-order valence-electron chi connectivity index (χ1n) is 4.08. The van der Waals surface area contributed by atoms with Crippen LogP contribution in [0.25, 0.3) is 0 Å². The van der Waals surface area contributed by atoms with E-state index < -0.39 is 17.9 Å². The highest BCUT2D eigenvalue weighted by molar-refractivity contribution is 4.90. The lowest BCUT2D eigenvalue weighted by Crippen LogP contribution is -2.45. The maximum absolute atomic E-state index is 13.1. The number of aliphatic hydroxyl groups is 1. The Kier molecular flexibility index (Phi) is 2.68. The van der Waals surface area contributed by atoms with Crippen molar-refractivity contribution in [1.82, 2.24) is 0 Å². The summed E-state index contributed by atoms with van der Waals surface area (Å²) in [5.74, 6) is -2.98. The summed E-state index contributed by atoms with van der Waals surface area (Å²) in [5, 5.41) is 8.52. The summed E-state index contributed by atoms with van der Waals surface area (Å²) in [7, 11) is 0. The summed E-state index contributed by atoms with van der Waals surface area (Å²) in [6.07, 6.45) is 0.640. The predicted molar refractivity (Wildman–Crippen MR) is 40.2 cm³/mol. The van der Waals surface area contributed by atoms with E-state index in [1.807, 2.05) is 0 Å². The van der Waals surface area contributed by atoms with Crippen LogP contribution in [0.3, 0.4) is 0 Å². The third kappa shape index (κ3) is 1.59. The largest absolute Gasteiger partial charge is 0.390 e. The number of alkyl halides is 2. The second-order valence-electron chi connectivity index (χ2n) is 3.54. The van der Waals surface area contributed by atoms with Gasteiger partial charge in [0.2, 0.25) is 0 Å². The van der Waals surface area contributed by atoms with Crippen LogP contribution in [-0.4, -0.2) is 30.8 Å². The average molecular weight is 180 g/mol. The maximum Gasteiger partial charge on any atom is 0.276 e. The second kappa shape index (κ2) is 3.26. The molecule has 0 saturated carbocycles. The Morgan fingerprint density at radius 1 is 1.42 bits per heavy atom. The van der Waals surface area contributed by atoms with Gasteiger partial charge in [-0.05, 0) is 12.8 Å². The van der Waals surface area contributed by atoms with Crippen molar-refractivity contribution >= 4 is 0 Å². The van der Waals surface area contributed by atoms with Crippen LogP contribution in [-0.2, 0) is 4.74 Å². The lowest BCUT2D eigenvalue weighted by molar-refractivity contribution is -0.175. The zero-order valence-corrected chi connectivity index (χ0v) is 7.15. The molecular weight excluding hydrogens is 166 g/mol. The Hall–Kier alpha value is -0.220. The van der Waals surface area contributed by atoms with E-state index in [2.05, 4.69) is 0 Å². The van der Waals surface area contributed by atoms with Crippen LogP contribution < -0.4 is 0 Å². The predicted octanol–water partition coefficient (Wildman–Crippen LogP) is 1.43. The number of hydrogen-bond donors (Lipinski definition) is 1. The van der Waals surface area contributed by atoms with Gasteiger partial charge in [0.25, 0.3) is 5.92 Å². The molecule has 0 aromatic rings. The molecule has 2 nitrogen and oxygen atoms in total. The van der Waals surface area contributed by atoms with E-state index in [9.17, 15) is 8.78 Å². The fourth-order valence-corrected chi connectivity index (χ4v) is 1.38. The molecule has 0 unspecified atom stereocenters. The minimum Gasteiger partial charge on any atom is -0.390 e. The van der Waals surface area contributed by atoms with Crippen LogP contribution >= 0.6 is 0 Å². The molecular formula is C8H14F2O2. The van der Waals surface area contributed by atoms with Crippen LogP contribution in [0, 0.1) is 5.41 Å². The molecule has 1 aliphatic heterocycles. The monoisotopic (exact) mass is 180 g/mol. The van der Waals surface area contributed by atoms with Gasteiger partial charge in [-0.1, -0.05) is 6.92 Å². The summed E-state index contributed by atoms with van der Waals surface area (Å²) in [5.41, 5.74) is -1.08. The van der Waals surface area contributed by atoms with Crippen molar-refractivity contribution in [2.45, 2.75) is 25.7 Å². The highest BCUT2D eigenvalue weighted by Gasteiger charge is 2.49. The van der Waals surface area contributed by atoms with Gasteiger partial charge < -0.3 is 9.84 Å². The third-order valence-electron chi connectivity index (χ3n) is 2.68. The van der Waals surface area contributed by atoms with Gasteiger partial charge in [-0.25, -0.2) is 8.78 Å². The summed E-state index contributed by atoms with van der Waals surface area (Å²) < 4.78 is 31.2. The molecule has 0 spiro atoms. The Labute approximate surface area is 70.5 Å². The van der Waals surface area contributed by atoms with Gasteiger partial charge in [0, 0.05) is 18.6 Å². The summed E-state index contributed by atoms with van der Waals surface area (Å²) >= 11 is 0. The van der Waals surface area contributed by atoms with Gasteiger partial charge in [0.15, 0.2) is 0 Å². The smallest absolute Gasteiger partial charge is 0.276 e. The molecule has 4 heteroatoms. The van der Waals surface area contributed by atoms with Crippen molar-refractivity contribution in [1.29, 1.82) is 0 Å². The Bertz CT molecular complexity index is 153. The van der Waals surface area contributed by atoms with Crippen LogP contribution in [0.1, 0.15) is 19.8 Å². The van der Waals surface area contributed by atoms with Gasteiger partial charge >= 0.3 is 0 Å². The van der Waals surface area contributed by atoms with Crippen molar-refractivity contribution in [3.8, 4) is 0 Å². The van der Waals surface area contributed by atoms with E-state index >= 15 is 0 Å². The van der Waals surface area contributed by atoms with Crippen LogP contribution in [0.4, 0.5) is 8.78 Å². The molecule has 0 aromatic carbocycles. The molecule has 0 aliphatic carbocycles. The quantitative estimate of drug-likeness (QED) is 0.696. The fraction of sp³-hybridized carbons (Fsp3) is 1.00. The van der Waals surface area contributed by atoms with E-state index in [1.54, 1.807) is 0 Å². The Morgan fingerprint density at radius 2 is 1.92 bits per heavy atom. The summed E-state index contributed by atoms with van der Waals surface area (Å²) in [4.78, 5) is 0. The number of hydrogen-bond acceptors (Lipinski definition) is 2. The average Bonchev–Trinajstić information content (AvgIpc) is 2.06. The molecule has 0 radical (unpaired) electrons. The molecule has 0 bridgehead atoms. The lowest BCUT2D eigenvalue weighted by atomic mass is 9.77. The first-order valence-corrected chi connectivity index (χ1v) is 4.08. The molecule has 72 valence electrons. The minimum absolute atomic E-state index is 0.320. The molecule has 1 saturated heterocycles. The molecule has 12 heavy (non-hydrogen) atoms. The standard InChI is InChI=1S/C8H14F2O2/c1-7(8(9,10)6-11)2-4-12-5-3-7/h11H,2-6H2,1H3. The lowest BCUT2D eigenvalue weighted by Gasteiger charge is -2.39. The van der Waals surface area contributed by atoms with E-state index in [0.29, 0.717) is 26.1 Å². The fourth-order valence-electron chi connectivity index (χ4n) is 1.38. The number of halogens is 2. The van der Waals surface area contributed by atoms with E-state index in [0.717, 1.165) is 0 Å². The van der Waals surface area contributed by atoms with Gasteiger partial charge in [-0.15, -0.1) is 0 Å². The van der Waals surface area contributed by atoms with Crippen molar-refractivity contribution in [3.05, 3.63) is 0 Å². The molecule has 1 fully saturated rings. The van der Waals surface area contributed by atoms with Gasteiger partial charge in [0.05, 0.1) is 0 Å². The highest BCUT2D eigenvalue weighted by Crippen LogP contribution is 2.43. The zero-order valence-electron chi connectivity index (χ0n) is 7.15. The van der Waals surface area contributed by atoms with E-state index in [4.69, 9.17) is 9.84 Å². The van der Waals surface area contributed by atoms with Crippen LogP contribution in [0.5, 0.6) is 0 Å². The van der Waals surface area contributed by atoms with Crippen molar-refractivity contribution in [2.24, 2.45) is 5.41 Å². The molecule has 0 atom stereocenters. The summed E-state index contributed by atoms with van der Waals surface area (Å²) in [6.45, 7) is 1.17. The van der Waals surface area contributed by atoms with Crippen LogP contribution in [0.15, 0.2) is 0 Å². The Morgan fingerprint density at radius 3 is 2.33 bits per heavy atom. The number of ether oxygens (including phenoxy) is 1. The molecule has 1 heterocycles. The summed E-state index contributed by atoms with van der Waals surface area (Å²) in [6, 6.07) is 0. The zero-order chi connectivity index (χ0) is 9.24.